The molecule has 0 saturated heterocycles. The zero-order valence-corrected chi connectivity index (χ0v) is 10.9. The number of carbonyl (C=O) groups excluding carboxylic acids is 1. The van der Waals surface area contributed by atoms with Crippen molar-refractivity contribution in [2.45, 2.75) is 57.5 Å². The molecule has 0 aliphatic heterocycles. The van der Waals surface area contributed by atoms with Crippen molar-refractivity contribution in [3.63, 3.8) is 0 Å². The highest BCUT2D eigenvalue weighted by atomic mass is 16.4. The van der Waals surface area contributed by atoms with E-state index in [0.717, 1.165) is 37.9 Å². The van der Waals surface area contributed by atoms with E-state index in [-0.39, 0.29) is 11.4 Å². The van der Waals surface area contributed by atoms with E-state index in [1.807, 2.05) is 6.92 Å². The van der Waals surface area contributed by atoms with Crippen molar-refractivity contribution in [3.8, 4) is 0 Å². The molecule has 0 radical (unpaired) electrons. The van der Waals surface area contributed by atoms with E-state index < -0.39 is 0 Å². The maximum Gasteiger partial charge on any atom is 0.222 e. The van der Waals surface area contributed by atoms with E-state index in [1.165, 1.54) is 0 Å². The van der Waals surface area contributed by atoms with Crippen LogP contribution in [0.4, 0.5) is 0 Å². The van der Waals surface area contributed by atoms with Gasteiger partial charge < -0.3 is 15.5 Å². The van der Waals surface area contributed by atoms with Gasteiger partial charge in [-0.2, -0.15) is 0 Å². The van der Waals surface area contributed by atoms with Gasteiger partial charge in [0.15, 0.2) is 0 Å². The second-order valence-corrected chi connectivity index (χ2v) is 5.10. The fourth-order valence-corrected chi connectivity index (χ4v) is 2.41. The van der Waals surface area contributed by atoms with Crippen molar-refractivity contribution in [2.75, 3.05) is 0 Å². The quantitative estimate of drug-likeness (QED) is 0.831. The molecule has 1 saturated carbocycles. The molecule has 1 aliphatic rings. The van der Waals surface area contributed by atoms with Crippen molar-refractivity contribution in [2.24, 2.45) is 5.73 Å². The van der Waals surface area contributed by atoms with Crippen LogP contribution in [0.2, 0.25) is 0 Å². The minimum atomic E-state index is -0.296. The van der Waals surface area contributed by atoms with Crippen molar-refractivity contribution in [1.82, 2.24) is 10.3 Å². The molecule has 5 heteroatoms. The van der Waals surface area contributed by atoms with Crippen LogP contribution in [0.1, 0.15) is 50.7 Å². The van der Waals surface area contributed by atoms with Crippen LogP contribution in [-0.2, 0) is 17.8 Å². The van der Waals surface area contributed by atoms with Gasteiger partial charge in [-0.25, -0.2) is 4.98 Å². The summed E-state index contributed by atoms with van der Waals surface area (Å²) in [5, 5.41) is 2.81. The van der Waals surface area contributed by atoms with Gasteiger partial charge >= 0.3 is 0 Å². The highest BCUT2D eigenvalue weighted by Crippen LogP contribution is 2.29. The number of carbonyl (C=O) groups is 1. The molecule has 1 aromatic rings. The SMILES string of the molecule is CCc1cnc(CNC(=O)CC2(N)CCCC2)o1. The van der Waals surface area contributed by atoms with E-state index in [2.05, 4.69) is 10.3 Å². The van der Waals surface area contributed by atoms with Gasteiger partial charge in [-0.05, 0) is 12.8 Å². The first-order valence-electron chi connectivity index (χ1n) is 6.60. The Kier molecular flexibility index (Phi) is 4.01. The molecule has 1 heterocycles. The summed E-state index contributed by atoms with van der Waals surface area (Å²) in [6, 6.07) is 0. The number of hydrogen-bond acceptors (Lipinski definition) is 4. The highest BCUT2D eigenvalue weighted by molar-refractivity contribution is 5.77. The molecule has 1 aliphatic carbocycles. The van der Waals surface area contributed by atoms with Crippen molar-refractivity contribution >= 4 is 5.91 Å². The summed E-state index contributed by atoms with van der Waals surface area (Å²) >= 11 is 0. The fourth-order valence-electron chi connectivity index (χ4n) is 2.41. The number of nitrogens with two attached hydrogens (primary N) is 1. The summed E-state index contributed by atoms with van der Waals surface area (Å²) in [5.74, 6) is 1.37. The Balaban J connectivity index is 1.77. The molecule has 0 spiro atoms. The molecule has 1 amide bonds. The van der Waals surface area contributed by atoms with Crippen LogP contribution in [0.25, 0.3) is 0 Å². The molecule has 0 unspecified atom stereocenters. The van der Waals surface area contributed by atoms with E-state index in [9.17, 15) is 4.79 Å². The lowest BCUT2D eigenvalue weighted by atomic mass is 9.94. The minimum absolute atomic E-state index is 0.0179. The Labute approximate surface area is 107 Å². The van der Waals surface area contributed by atoms with E-state index >= 15 is 0 Å². The van der Waals surface area contributed by atoms with Crippen LogP contribution in [0.3, 0.4) is 0 Å². The monoisotopic (exact) mass is 251 g/mol. The summed E-state index contributed by atoms with van der Waals surface area (Å²) in [6.45, 7) is 2.34. The Morgan fingerprint density at radius 2 is 2.28 bits per heavy atom. The number of rotatable bonds is 5. The molecule has 18 heavy (non-hydrogen) atoms. The third kappa shape index (κ3) is 3.32. The molecule has 100 valence electrons. The number of amides is 1. The first kappa shape index (κ1) is 13.1. The second-order valence-electron chi connectivity index (χ2n) is 5.10. The highest BCUT2D eigenvalue weighted by Gasteiger charge is 2.31. The van der Waals surface area contributed by atoms with Crippen LogP contribution in [0, 0.1) is 0 Å². The molecule has 3 N–H and O–H groups in total. The van der Waals surface area contributed by atoms with Gasteiger partial charge in [-0.15, -0.1) is 0 Å². The van der Waals surface area contributed by atoms with Crippen LogP contribution in [0.5, 0.6) is 0 Å². The zero-order chi connectivity index (χ0) is 13.0. The Hall–Kier alpha value is -1.36. The largest absolute Gasteiger partial charge is 0.444 e. The van der Waals surface area contributed by atoms with Crippen molar-refractivity contribution in [1.29, 1.82) is 0 Å². The molecular formula is C13H21N3O2. The predicted octanol–water partition coefficient (Wildman–Crippen LogP) is 1.51. The second kappa shape index (κ2) is 5.52. The number of hydrogen-bond donors (Lipinski definition) is 2. The smallest absolute Gasteiger partial charge is 0.222 e. The molecule has 1 aromatic heterocycles. The predicted molar refractivity (Wildman–Crippen MR) is 67.7 cm³/mol. The molecule has 5 nitrogen and oxygen atoms in total. The lowest BCUT2D eigenvalue weighted by Gasteiger charge is -2.22. The third-order valence-electron chi connectivity index (χ3n) is 3.50. The zero-order valence-electron chi connectivity index (χ0n) is 10.9. The first-order valence-corrected chi connectivity index (χ1v) is 6.60. The molecule has 0 aromatic carbocycles. The van der Waals surface area contributed by atoms with E-state index in [4.69, 9.17) is 10.2 Å². The van der Waals surface area contributed by atoms with Gasteiger partial charge in [0.05, 0.1) is 12.7 Å². The van der Waals surface area contributed by atoms with E-state index in [0.29, 0.717) is 18.9 Å². The standard InChI is InChI=1S/C13H21N3O2/c1-2-10-8-16-12(18-10)9-15-11(17)7-13(14)5-3-4-6-13/h8H,2-7,9,14H2,1H3,(H,15,17). The van der Waals surface area contributed by atoms with Gasteiger partial charge in [-0.3, -0.25) is 4.79 Å². The van der Waals surface area contributed by atoms with Gasteiger partial charge in [0.2, 0.25) is 11.8 Å². The number of oxazole rings is 1. The number of nitrogens with one attached hydrogen (secondary N) is 1. The Morgan fingerprint density at radius 3 is 2.89 bits per heavy atom. The maximum atomic E-state index is 11.8. The lowest BCUT2D eigenvalue weighted by Crippen LogP contribution is -2.42. The average Bonchev–Trinajstić information content (AvgIpc) is 2.95. The number of nitrogens with zero attached hydrogens (tertiary/aromatic N) is 1. The molecule has 0 bridgehead atoms. The topological polar surface area (TPSA) is 81.2 Å². The van der Waals surface area contributed by atoms with E-state index in [1.54, 1.807) is 6.20 Å². The van der Waals surface area contributed by atoms with Crippen LogP contribution in [-0.4, -0.2) is 16.4 Å². The maximum absolute atomic E-state index is 11.8. The van der Waals surface area contributed by atoms with Crippen molar-refractivity contribution < 1.29 is 9.21 Å². The van der Waals surface area contributed by atoms with Crippen LogP contribution >= 0.6 is 0 Å². The summed E-state index contributed by atoms with van der Waals surface area (Å²) in [6.07, 6.45) is 7.05. The Bertz CT molecular complexity index is 408. The molecule has 0 atom stereocenters. The summed E-state index contributed by atoms with van der Waals surface area (Å²) < 4.78 is 5.42. The molecule has 2 rings (SSSR count). The van der Waals surface area contributed by atoms with Crippen molar-refractivity contribution in [3.05, 3.63) is 17.8 Å². The van der Waals surface area contributed by atoms with Gasteiger partial charge in [0, 0.05) is 18.4 Å². The Morgan fingerprint density at radius 1 is 1.56 bits per heavy atom. The third-order valence-corrected chi connectivity index (χ3v) is 3.50. The van der Waals surface area contributed by atoms with Gasteiger partial charge in [0.1, 0.15) is 5.76 Å². The van der Waals surface area contributed by atoms with Crippen LogP contribution < -0.4 is 11.1 Å². The fraction of sp³-hybridized carbons (Fsp3) is 0.692. The molecule has 1 fully saturated rings. The number of aromatic nitrogens is 1. The minimum Gasteiger partial charge on any atom is -0.444 e. The summed E-state index contributed by atoms with van der Waals surface area (Å²) in [7, 11) is 0. The normalized spacial score (nSPS) is 17.9. The van der Waals surface area contributed by atoms with Crippen LogP contribution in [0.15, 0.2) is 10.6 Å². The summed E-state index contributed by atoms with van der Waals surface area (Å²) in [4.78, 5) is 15.9. The average molecular weight is 251 g/mol. The number of aryl methyl sites for hydroxylation is 1. The molecular weight excluding hydrogens is 230 g/mol. The van der Waals surface area contributed by atoms with Gasteiger partial charge in [0.25, 0.3) is 0 Å². The first-order chi connectivity index (χ1) is 8.61. The van der Waals surface area contributed by atoms with Gasteiger partial charge in [-0.1, -0.05) is 19.8 Å². The lowest BCUT2D eigenvalue weighted by molar-refractivity contribution is -0.122. The summed E-state index contributed by atoms with van der Waals surface area (Å²) in [5.41, 5.74) is 5.86.